The number of benzene rings is 4. The summed E-state index contributed by atoms with van der Waals surface area (Å²) in [6.45, 7) is 8.82. The van der Waals surface area contributed by atoms with Gasteiger partial charge in [0.05, 0.1) is 57.2 Å². The Labute approximate surface area is 343 Å². The molecule has 1 aromatic heterocycles. The van der Waals surface area contributed by atoms with Crippen LogP contribution >= 0.6 is 11.9 Å². The van der Waals surface area contributed by atoms with Crippen LogP contribution in [-0.4, -0.2) is 82.0 Å². The van der Waals surface area contributed by atoms with Crippen LogP contribution in [0.3, 0.4) is 0 Å². The average molecular weight is 808 g/mol. The van der Waals surface area contributed by atoms with E-state index in [4.69, 9.17) is 30.1 Å². The SMILES string of the molecule is C#Cc1cc(Nc2nccc(Oc3ccc(NC(=O)Nc4cc(C(C)(C)C)cc(NSC)c4OC)c4ccccc34)n2)cc(C(=O)NCCOCCOCCOC)c1. The van der Waals surface area contributed by atoms with Gasteiger partial charge in [-0.25, -0.2) is 9.78 Å². The molecule has 0 saturated carbocycles. The first kappa shape index (κ1) is 43.1. The molecule has 0 aliphatic rings. The van der Waals surface area contributed by atoms with Crippen LogP contribution in [0.5, 0.6) is 17.4 Å². The highest BCUT2D eigenvalue weighted by Crippen LogP contribution is 2.40. The molecule has 0 atom stereocenters. The van der Waals surface area contributed by atoms with Crippen molar-refractivity contribution in [2.75, 3.05) is 80.7 Å². The van der Waals surface area contributed by atoms with Crippen LogP contribution in [0.2, 0.25) is 0 Å². The number of fused-ring (bicyclic) bond motifs is 1. The number of terminal acetylenes is 1. The zero-order valence-electron chi connectivity index (χ0n) is 33.5. The van der Waals surface area contributed by atoms with Crippen molar-refractivity contribution < 1.29 is 33.3 Å². The van der Waals surface area contributed by atoms with Gasteiger partial charge in [-0.1, -0.05) is 62.9 Å². The number of carbonyl (C=O) groups excluding carboxylic acids is 2. The first-order valence-corrected chi connectivity index (χ1v) is 19.7. The fraction of sp³-hybridized carbons (Fsp3) is 0.302. The molecule has 0 spiro atoms. The van der Waals surface area contributed by atoms with Gasteiger partial charge in [-0.15, -0.1) is 6.42 Å². The maximum atomic E-state index is 13.5. The first-order chi connectivity index (χ1) is 28.0. The van der Waals surface area contributed by atoms with Crippen LogP contribution in [0.15, 0.2) is 79.0 Å². The molecule has 1 heterocycles. The number of methoxy groups -OCH3 is 2. The molecule has 3 amide bonds. The zero-order chi connectivity index (χ0) is 41.5. The average Bonchev–Trinajstić information content (AvgIpc) is 3.20. The summed E-state index contributed by atoms with van der Waals surface area (Å²) >= 11 is 1.44. The van der Waals surface area contributed by atoms with Crippen molar-refractivity contribution >= 4 is 63.4 Å². The lowest BCUT2D eigenvalue weighted by Crippen LogP contribution is -2.27. The molecular formula is C43H49N7O7S. The Balaban J connectivity index is 1.26. The molecule has 0 saturated heterocycles. The number of hydrogen-bond acceptors (Lipinski definition) is 12. The standard InChI is InChI=1S/C43H49N7O7S/c1-8-28-23-29(40(51)44-17-18-55-21-22-56-20-19-53-5)25-31(24-28)46-41-45-16-15-38(49-41)57-37-14-13-34(32-11-9-10-12-33(32)37)47-42(52)48-35-26-30(43(2,3)4)27-36(50-58-7)39(35)54-6/h1,9-16,23-27,50H,17-22H2,2-7H3,(H,44,51)(H,45,46,49)(H2,47,48,52). The Bertz CT molecular complexity index is 2240. The molecular weight excluding hydrogens is 759 g/mol. The maximum absolute atomic E-state index is 13.5. The van der Waals surface area contributed by atoms with Gasteiger partial charge in [0.25, 0.3) is 5.91 Å². The summed E-state index contributed by atoms with van der Waals surface area (Å²) in [5.41, 5.74) is 4.09. The fourth-order valence-corrected chi connectivity index (χ4v) is 6.10. The molecule has 0 radical (unpaired) electrons. The van der Waals surface area contributed by atoms with Gasteiger partial charge >= 0.3 is 6.03 Å². The molecule has 5 aromatic rings. The quantitative estimate of drug-likeness (QED) is 0.0309. The monoisotopic (exact) mass is 807 g/mol. The van der Waals surface area contributed by atoms with Crippen LogP contribution < -0.4 is 35.5 Å². The number of hydrogen-bond donors (Lipinski definition) is 5. The van der Waals surface area contributed by atoms with E-state index in [0.717, 1.165) is 22.0 Å². The van der Waals surface area contributed by atoms with E-state index in [1.807, 2.05) is 42.7 Å². The molecule has 0 aliphatic heterocycles. The van der Waals surface area contributed by atoms with Crippen molar-refractivity contribution in [1.29, 1.82) is 0 Å². The summed E-state index contributed by atoms with van der Waals surface area (Å²) in [6.07, 6.45) is 9.19. The molecule has 0 unspecified atom stereocenters. The third-order valence-corrected chi connectivity index (χ3v) is 8.97. The van der Waals surface area contributed by atoms with Crippen molar-refractivity contribution in [2.24, 2.45) is 0 Å². The normalized spacial score (nSPS) is 11.1. The maximum Gasteiger partial charge on any atom is 0.323 e. The number of nitrogens with one attached hydrogen (secondary N) is 5. The second-order valence-corrected chi connectivity index (χ2v) is 14.4. The molecule has 5 rings (SSSR count). The van der Waals surface area contributed by atoms with E-state index in [0.29, 0.717) is 79.3 Å². The van der Waals surface area contributed by atoms with Gasteiger partial charge in [-0.2, -0.15) is 4.98 Å². The lowest BCUT2D eigenvalue weighted by atomic mass is 9.86. The minimum atomic E-state index is -0.441. The summed E-state index contributed by atoms with van der Waals surface area (Å²) in [5, 5.41) is 13.4. The van der Waals surface area contributed by atoms with E-state index in [2.05, 4.69) is 62.6 Å². The molecule has 4 aromatic carbocycles. The third kappa shape index (κ3) is 12.0. The molecule has 0 aliphatic carbocycles. The number of nitrogens with zero attached hydrogens (tertiary/aromatic N) is 2. The van der Waals surface area contributed by atoms with Crippen molar-refractivity contribution in [1.82, 2.24) is 15.3 Å². The van der Waals surface area contributed by atoms with E-state index in [1.165, 1.54) is 11.9 Å². The number of ether oxygens (including phenoxy) is 5. The molecule has 5 N–H and O–H groups in total. The number of carbonyl (C=O) groups is 2. The topological polar surface area (TPSA) is 166 Å². The highest BCUT2D eigenvalue weighted by molar-refractivity contribution is 7.99. The van der Waals surface area contributed by atoms with Crippen molar-refractivity contribution in [2.45, 2.75) is 26.2 Å². The number of rotatable bonds is 19. The minimum absolute atomic E-state index is 0.174. The highest BCUT2D eigenvalue weighted by Gasteiger charge is 2.21. The lowest BCUT2D eigenvalue weighted by Gasteiger charge is -2.24. The summed E-state index contributed by atoms with van der Waals surface area (Å²) in [6, 6.07) is 21.2. The molecule has 304 valence electrons. The number of amides is 3. The van der Waals surface area contributed by atoms with Crippen molar-refractivity contribution in [3.05, 3.63) is 95.7 Å². The van der Waals surface area contributed by atoms with Crippen LogP contribution in [0.4, 0.5) is 33.5 Å². The van der Waals surface area contributed by atoms with Crippen LogP contribution in [-0.2, 0) is 19.6 Å². The second kappa shape index (κ2) is 20.9. The van der Waals surface area contributed by atoms with E-state index in [1.54, 1.807) is 56.8 Å². The van der Waals surface area contributed by atoms with Crippen molar-refractivity contribution in [3.63, 3.8) is 0 Å². The van der Waals surface area contributed by atoms with Gasteiger partial charge in [0.15, 0.2) is 5.75 Å². The molecule has 14 nitrogen and oxygen atoms in total. The predicted octanol–water partition coefficient (Wildman–Crippen LogP) is 8.20. The van der Waals surface area contributed by atoms with Crippen LogP contribution in [0.25, 0.3) is 10.8 Å². The first-order valence-electron chi connectivity index (χ1n) is 18.5. The second-order valence-electron chi connectivity index (χ2n) is 13.8. The zero-order valence-corrected chi connectivity index (χ0v) is 34.3. The van der Waals surface area contributed by atoms with Gasteiger partial charge in [0.1, 0.15) is 5.75 Å². The molecule has 15 heteroatoms. The van der Waals surface area contributed by atoms with Crippen molar-refractivity contribution in [3.8, 4) is 29.7 Å². The van der Waals surface area contributed by atoms with Gasteiger partial charge in [-0.3, -0.25) is 4.79 Å². The van der Waals surface area contributed by atoms with E-state index >= 15 is 0 Å². The number of anilines is 5. The Morgan fingerprint density at radius 2 is 1.57 bits per heavy atom. The van der Waals surface area contributed by atoms with E-state index in [-0.39, 0.29) is 23.2 Å². The Kier molecular flexibility index (Phi) is 15.5. The van der Waals surface area contributed by atoms with Crippen LogP contribution in [0, 0.1) is 12.3 Å². The smallest absolute Gasteiger partial charge is 0.323 e. The van der Waals surface area contributed by atoms with Gasteiger partial charge in [0, 0.05) is 59.8 Å². The van der Waals surface area contributed by atoms with E-state index < -0.39 is 6.03 Å². The fourth-order valence-electron chi connectivity index (χ4n) is 5.72. The highest BCUT2D eigenvalue weighted by atomic mass is 32.2. The summed E-state index contributed by atoms with van der Waals surface area (Å²) in [5.74, 6) is 3.79. The summed E-state index contributed by atoms with van der Waals surface area (Å²) in [4.78, 5) is 35.4. The lowest BCUT2D eigenvalue weighted by molar-refractivity contribution is 0.0255. The predicted molar refractivity (Wildman–Crippen MR) is 231 cm³/mol. The Hall–Kier alpha value is -6.05. The van der Waals surface area contributed by atoms with Gasteiger partial charge in [0.2, 0.25) is 11.8 Å². The number of aromatic nitrogens is 2. The molecule has 0 fully saturated rings. The summed E-state index contributed by atoms with van der Waals surface area (Å²) in [7, 11) is 3.19. The van der Waals surface area contributed by atoms with Crippen LogP contribution in [0.1, 0.15) is 42.3 Å². The van der Waals surface area contributed by atoms with E-state index in [9.17, 15) is 9.59 Å². The Morgan fingerprint density at radius 3 is 2.29 bits per heavy atom. The number of urea groups is 1. The largest absolute Gasteiger partial charge is 0.492 e. The van der Waals surface area contributed by atoms with Gasteiger partial charge < -0.3 is 49.7 Å². The minimum Gasteiger partial charge on any atom is -0.492 e. The summed E-state index contributed by atoms with van der Waals surface area (Å²) < 4.78 is 31.1. The molecule has 0 bridgehead atoms. The van der Waals surface area contributed by atoms with Gasteiger partial charge in [-0.05, 0) is 53.4 Å². The molecule has 58 heavy (non-hydrogen) atoms. The Morgan fingerprint density at radius 1 is 0.845 bits per heavy atom. The third-order valence-electron chi connectivity index (χ3n) is 8.55.